The van der Waals surface area contributed by atoms with Crippen molar-refractivity contribution >= 4 is 16.7 Å². The quantitative estimate of drug-likeness (QED) is 0.859. The highest BCUT2D eigenvalue weighted by Gasteiger charge is 2.21. The number of ether oxygens (including phenoxy) is 1. The lowest BCUT2D eigenvalue weighted by Crippen LogP contribution is -2.09. The molecule has 0 aliphatic heterocycles. The first-order chi connectivity index (χ1) is 8.29. The van der Waals surface area contributed by atoms with Crippen LogP contribution in [0.15, 0.2) is 18.2 Å². The predicted octanol–water partition coefficient (Wildman–Crippen LogP) is 3.09. The van der Waals surface area contributed by atoms with E-state index in [0.29, 0.717) is 13.0 Å². The molecule has 1 aliphatic carbocycles. The number of nitrogens with one attached hydrogen (secondary N) is 1. The van der Waals surface area contributed by atoms with Crippen LogP contribution in [0.5, 0.6) is 5.75 Å². The number of ketones is 1. The van der Waals surface area contributed by atoms with Gasteiger partial charge in [0.25, 0.3) is 0 Å². The Morgan fingerprint density at radius 1 is 1.35 bits per heavy atom. The summed E-state index contributed by atoms with van der Waals surface area (Å²) in [7, 11) is 0. The molecular formula is C14H15NO2. The Morgan fingerprint density at radius 3 is 3.06 bits per heavy atom. The lowest BCUT2D eigenvalue weighted by molar-refractivity contribution is 0.0968. The summed E-state index contributed by atoms with van der Waals surface area (Å²) in [5, 5.41) is 1.14. The summed E-state index contributed by atoms with van der Waals surface area (Å²) in [5.41, 5.74) is 3.01. The van der Waals surface area contributed by atoms with Gasteiger partial charge in [-0.1, -0.05) is 0 Å². The van der Waals surface area contributed by atoms with Gasteiger partial charge < -0.3 is 9.72 Å². The van der Waals surface area contributed by atoms with Crippen LogP contribution in [0, 0.1) is 0 Å². The Balaban J connectivity index is 2.18. The highest BCUT2D eigenvalue weighted by atomic mass is 16.5. The summed E-state index contributed by atoms with van der Waals surface area (Å²) in [6.07, 6.45) is 2.60. The molecule has 0 unspecified atom stereocenters. The molecule has 1 aromatic carbocycles. The number of aromatic nitrogens is 1. The molecule has 3 heteroatoms. The first-order valence-electron chi connectivity index (χ1n) is 6.10. The second kappa shape index (κ2) is 3.91. The fourth-order valence-electron chi connectivity index (χ4n) is 2.53. The molecule has 0 atom stereocenters. The summed E-state index contributed by atoms with van der Waals surface area (Å²) in [4.78, 5) is 15.0. The minimum atomic E-state index is 0.236. The van der Waals surface area contributed by atoms with E-state index in [0.717, 1.165) is 40.8 Å². The van der Waals surface area contributed by atoms with Gasteiger partial charge in [-0.15, -0.1) is 0 Å². The molecule has 1 aliphatic rings. The van der Waals surface area contributed by atoms with Gasteiger partial charge in [0, 0.05) is 17.3 Å². The van der Waals surface area contributed by atoms with Crippen LogP contribution in [0.3, 0.4) is 0 Å². The van der Waals surface area contributed by atoms with Gasteiger partial charge in [-0.25, -0.2) is 0 Å². The van der Waals surface area contributed by atoms with Gasteiger partial charge in [0.1, 0.15) is 5.75 Å². The molecule has 3 nitrogen and oxygen atoms in total. The van der Waals surface area contributed by atoms with E-state index in [-0.39, 0.29) is 5.78 Å². The smallest absolute Gasteiger partial charge is 0.179 e. The number of benzene rings is 1. The molecule has 1 aromatic heterocycles. The molecule has 1 N–H and O–H groups in total. The molecular weight excluding hydrogens is 214 g/mol. The van der Waals surface area contributed by atoms with E-state index in [1.54, 1.807) is 0 Å². The average molecular weight is 229 g/mol. The van der Waals surface area contributed by atoms with Gasteiger partial charge in [0.15, 0.2) is 5.78 Å². The molecule has 0 spiro atoms. The highest BCUT2D eigenvalue weighted by molar-refractivity contribution is 6.03. The lowest BCUT2D eigenvalue weighted by Gasteiger charge is -2.09. The summed E-state index contributed by atoms with van der Waals surface area (Å²) in [6, 6.07) is 5.97. The summed E-state index contributed by atoms with van der Waals surface area (Å²) in [5.74, 6) is 1.11. The monoisotopic (exact) mass is 229 g/mol. The summed E-state index contributed by atoms with van der Waals surface area (Å²) >= 11 is 0. The first-order valence-corrected chi connectivity index (χ1v) is 6.10. The molecule has 0 fully saturated rings. The van der Waals surface area contributed by atoms with E-state index < -0.39 is 0 Å². The fourth-order valence-corrected chi connectivity index (χ4v) is 2.53. The molecule has 0 amide bonds. The Hall–Kier alpha value is -1.77. The van der Waals surface area contributed by atoms with Crippen LogP contribution in [0.2, 0.25) is 0 Å². The SMILES string of the molecule is CCOc1ccc2[nH]c3c(c2c1)CCCC3=O. The molecule has 3 rings (SSSR count). The second-order valence-corrected chi connectivity index (χ2v) is 4.40. The van der Waals surface area contributed by atoms with Crippen LogP contribution in [0.25, 0.3) is 10.9 Å². The molecule has 88 valence electrons. The molecule has 17 heavy (non-hydrogen) atoms. The number of carbonyl (C=O) groups excluding carboxylic acids is 1. The Bertz CT molecular complexity index is 583. The maximum absolute atomic E-state index is 11.8. The standard InChI is InChI=1S/C14H15NO2/c1-2-17-9-6-7-12-11(8-9)10-4-3-5-13(16)14(10)15-12/h6-8,15H,2-5H2,1H3. The Labute approximate surface area is 99.8 Å². The highest BCUT2D eigenvalue weighted by Crippen LogP contribution is 2.31. The van der Waals surface area contributed by atoms with Crippen molar-refractivity contribution in [2.24, 2.45) is 0 Å². The van der Waals surface area contributed by atoms with Crippen molar-refractivity contribution in [1.29, 1.82) is 0 Å². The number of Topliss-reactive ketones (excluding diaryl/α,β-unsaturated/α-hetero) is 1. The average Bonchev–Trinajstić information content (AvgIpc) is 2.70. The zero-order valence-corrected chi connectivity index (χ0v) is 9.88. The van der Waals surface area contributed by atoms with Crippen LogP contribution in [-0.2, 0) is 6.42 Å². The number of fused-ring (bicyclic) bond motifs is 3. The molecule has 1 heterocycles. The third-order valence-corrected chi connectivity index (χ3v) is 3.30. The number of aromatic amines is 1. The van der Waals surface area contributed by atoms with Gasteiger partial charge in [0.05, 0.1) is 12.3 Å². The number of aryl methyl sites for hydroxylation is 1. The maximum Gasteiger partial charge on any atom is 0.179 e. The lowest BCUT2D eigenvalue weighted by atomic mass is 9.95. The minimum Gasteiger partial charge on any atom is -0.494 e. The number of hydrogen-bond donors (Lipinski definition) is 1. The van der Waals surface area contributed by atoms with Crippen LogP contribution in [-0.4, -0.2) is 17.4 Å². The van der Waals surface area contributed by atoms with Gasteiger partial charge in [0.2, 0.25) is 0 Å². The molecule has 0 saturated carbocycles. The summed E-state index contributed by atoms with van der Waals surface area (Å²) in [6.45, 7) is 2.64. The Kier molecular flexibility index (Phi) is 2.39. The predicted molar refractivity (Wildman–Crippen MR) is 66.7 cm³/mol. The molecule has 0 radical (unpaired) electrons. The van der Waals surface area contributed by atoms with E-state index in [1.165, 1.54) is 0 Å². The normalized spacial score (nSPS) is 15.0. The largest absolute Gasteiger partial charge is 0.494 e. The van der Waals surface area contributed by atoms with Crippen molar-refractivity contribution < 1.29 is 9.53 Å². The first kappa shape index (κ1) is 10.4. The van der Waals surface area contributed by atoms with E-state index >= 15 is 0 Å². The third-order valence-electron chi connectivity index (χ3n) is 3.30. The molecule has 2 aromatic rings. The number of hydrogen-bond acceptors (Lipinski definition) is 2. The molecule has 0 bridgehead atoms. The van der Waals surface area contributed by atoms with Crippen molar-refractivity contribution in [3.63, 3.8) is 0 Å². The van der Waals surface area contributed by atoms with Gasteiger partial charge in [-0.05, 0) is 43.5 Å². The number of H-pyrrole nitrogens is 1. The van der Waals surface area contributed by atoms with Crippen LogP contribution in [0.1, 0.15) is 35.8 Å². The van der Waals surface area contributed by atoms with E-state index in [9.17, 15) is 4.79 Å². The van der Waals surface area contributed by atoms with Crippen molar-refractivity contribution in [1.82, 2.24) is 4.98 Å². The van der Waals surface area contributed by atoms with E-state index in [1.807, 2.05) is 25.1 Å². The van der Waals surface area contributed by atoms with Crippen molar-refractivity contribution in [3.8, 4) is 5.75 Å². The number of carbonyl (C=O) groups is 1. The van der Waals surface area contributed by atoms with E-state index in [2.05, 4.69) is 4.98 Å². The van der Waals surface area contributed by atoms with Crippen molar-refractivity contribution in [3.05, 3.63) is 29.5 Å². The van der Waals surface area contributed by atoms with Crippen LogP contribution < -0.4 is 4.74 Å². The molecule has 0 saturated heterocycles. The van der Waals surface area contributed by atoms with E-state index in [4.69, 9.17) is 4.74 Å². The van der Waals surface area contributed by atoms with Gasteiger partial charge in [-0.2, -0.15) is 0 Å². The topological polar surface area (TPSA) is 42.1 Å². The maximum atomic E-state index is 11.8. The third kappa shape index (κ3) is 1.62. The minimum absolute atomic E-state index is 0.236. The zero-order valence-electron chi connectivity index (χ0n) is 9.88. The van der Waals surface area contributed by atoms with Crippen molar-refractivity contribution in [2.75, 3.05) is 6.61 Å². The Morgan fingerprint density at radius 2 is 2.24 bits per heavy atom. The van der Waals surface area contributed by atoms with Crippen molar-refractivity contribution in [2.45, 2.75) is 26.2 Å². The second-order valence-electron chi connectivity index (χ2n) is 4.40. The fraction of sp³-hybridized carbons (Fsp3) is 0.357. The number of rotatable bonds is 2. The zero-order chi connectivity index (χ0) is 11.8. The summed E-state index contributed by atoms with van der Waals surface area (Å²) < 4.78 is 5.50. The van der Waals surface area contributed by atoms with Gasteiger partial charge >= 0.3 is 0 Å². The van der Waals surface area contributed by atoms with Gasteiger partial charge in [-0.3, -0.25) is 4.79 Å². The van der Waals surface area contributed by atoms with Crippen LogP contribution in [0.4, 0.5) is 0 Å². The van der Waals surface area contributed by atoms with Crippen LogP contribution >= 0.6 is 0 Å².